The summed E-state index contributed by atoms with van der Waals surface area (Å²) >= 11 is 6.37. The molecule has 2 aromatic rings. The number of hydrogen-bond acceptors (Lipinski definition) is 5. The lowest BCUT2D eigenvalue weighted by atomic mass is 10.2. The monoisotopic (exact) mass is 432 g/mol. The highest BCUT2D eigenvalue weighted by Crippen LogP contribution is 2.35. The van der Waals surface area contributed by atoms with Gasteiger partial charge in [-0.1, -0.05) is 17.7 Å². The Labute approximate surface area is 178 Å². The van der Waals surface area contributed by atoms with Gasteiger partial charge in [-0.2, -0.15) is 5.26 Å². The Morgan fingerprint density at radius 2 is 2.07 bits per heavy atom. The molecule has 154 valence electrons. The van der Waals surface area contributed by atoms with Crippen LogP contribution >= 0.6 is 11.6 Å². The van der Waals surface area contributed by atoms with Gasteiger partial charge in [-0.15, -0.1) is 4.36 Å². The Morgan fingerprint density at radius 3 is 2.69 bits per heavy atom. The minimum absolute atomic E-state index is 0.313. The molecule has 0 amide bonds. The summed E-state index contributed by atoms with van der Waals surface area (Å²) < 4.78 is 22.8. The molecule has 0 spiro atoms. The number of ether oxygens (including phenoxy) is 1. The average molecular weight is 433 g/mol. The predicted octanol–water partition coefficient (Wildman–Crippen LogP) is 5.77. The second-order valence-corrected chi connectivity index (χ2v) is 9.91. The molecule has 0 N–H and O–H groups in total. The fraction of sp³-hybridized carbons (Fsp3) is 0.333. The maximum atomic E-state index is 13.1. The van der Waals surface area contributed by atoms with Crippen molar-refractivity contribution in [2.24, 2.45) is 9.36 Å². The molecule has 0 fully saturated rings. The van der Waals surface area contributed by atoms with E-state index in [4.69, 9.17) is 21.6 Å². The molecule has 1 unspecified atom stereocenters. The Bertz CT molecular complexity index is 1070. The summed E-state index contributed by atoms with van der Waals surface area (Å²) in [6.45, 7) is 8.33. The van der Waals surface area contributed by atoms with Gasteiger partial charge in [0.15, 0.2) is 0 Å². The minimum atomic E-state index is -2.86. The molecule has 0 heterocycles. The summed E-state index contributed by atoms with van der Waals surface area (Å²) in [6, 6.07) is 10.4. The average Bonchev–Trinajstić information content (AvgIpc) is 2.69. The van der Waals surface area contributed by atoms with Gasteiger partial charge in [0.05, 0.1) is 31.7 Å². The smallest absolute Gasteiger partial charge is 0.214 e. The molecule has 1 atom stereocenters. The largest absolute Gasteiger partial charge is 0.457 e. The molecule has 0 saturated carbocycles. The SMILES string of the molecule is CCN(C)/C=N\c1cc(C)c(Oc2cccc(S(=O)(=NC#N)C(C)C)c2)cc1Cl. The molecule has 0 aliphatic rings. The zero-order valence-electron chi connectivity index (χ0n) is 17.2. The highest BCUT2D eigenvalue weighted by Gasteiger charge is 2.19. The zero-order chi connectivity index (χ0) is 21.6. The van der Waals surface area contributed by atoms with Gasteiger partial charge in [0.2, 0.25) is 6.19 Å². The van der Waals surface area contributed by atoms with Crippen LogP contribution < -0.4 is 4.74 Å². The van der Waals surface area contributed by atoms with Gasteiger partial charge in [-0.25, -0.2) is 9.20 Å². The van der Waals surface area contributed by atoms with Gasteiger partial charge in [-0.3, -0.25) is 0 Å². The Hall–Kier alpha value is -2.56. The molecule has 6 nitrogen and oxygen atoms in total. The molecule has 2 rings (SSSR count). The number of rotatable bonds is 7. The fourth-order valence-electron chi connectivity index (χ4n) is 2.44. The molecule has 0 aliphatic carbocycles. The van der Waals surface area contributed by atoms with Crippen LogP contribution in [-0.4, -0.2) is 34.3 Å². The van der Waals surface area contributed by atoms with E-state index in [1.165, 1.54) is 0 Å². The Balaban J connectivity index is 2.37. The van der Waals surface area contributed by atoms with Crippen LogP contribution in [0, 0.1) is 18.4 Å². The van der Waals surface area contributed by atoms with Gasteiger partial charge >= 0.3 is 0 Å². The highest BCUT2D eigenvalue weighted by molar-refractivity contribution is 7.94. The number of nitriles is 1. The summed E-state index contributed by atoms with van der Waals surface area (Å²) in [6.07, 6.45) is 3.41. The number of nitrogens with zero attached hydrogens (tertiary/aromatic N) is 4. The quantitative estimate of drug-likeness (QED) is 0.316. The molecule has 2 aromatic carbocycles. The Morgan fingerprint density at radius 1 is 1.34 bits per heavy atom. The summed E-state index contributed by atoms with van der Waals surface area (Å²) in [4.78, 5) is 6.81. The van der Waals surface area contributed by atoms with Crippen molar-refractivity contribution >= 4 is 33.4 Å². The third kappa shape index (κ3) is 5.49. The van der Waals surface area contributed by atoms with Crippen molar-refractivity contribution in [1.29, 1.82) is 5.26 Å². The minimum Gasteiger partial charge on any atom is -0.457 e. The lowest BCUT2D eigenvalue weighted by Crippen LogP contribution is -2.14. The van der Waals surface area contributed by atoms with E-state index < -0.39 is 9.73 Å². The van der Waals surface area contributed by atoms with E-state index >= 15 is 0 Å². The molecule has 0 saturated heterocycles. The summed E-state index contributed by atoms with van der Waals surface area (Å²) in [5, 5.41) is 9.10. The number of aliphatic imine (C=N–C) groups is 1. The van der Waals surface area contributed by atoms with Gasteiger partial charge in [-0.05, 0) is 57.5 Å². The first-order chi connectivity index (χ1) is 13.7. The number of benzene rings is 2. The zero-order valence-corrected chi connectivity index (χ0v) is 18.8. The first-order valence-corrected chi connectivity index (χ1v) is 11.1. The van der Waals surface area contributed by atoms with E-state index in [-0.39, 0.29) is 5.25 Å². The molecular weight excluding hydrogens is 408 g/mol. The fourth-order valence-corrected chi connectivity index (χ4v) is 4.18. The molecule has 0 aliphatic heterocycles. The van der Waals surface area contributed by atoms with Gasteiger partial charge in [0.25, 0.3) is 0 Å². The van der Waals surface area contributed by atoms with Gasteiger partial charge < -0.3 is 9.64 Å². The third-order valence-electron chi connectivity index (χ3n) is 4.32. The van der Waals surface area contributed by atoms with E-state index in [2.05, 4.69) is 9.36 Å². The van der Waals surface area contributed by atoms with Crippen molar-refractivity contribution < 1.29 is 8.95 Å². The normalized spacial score (nSPS) is 13.2. The third-order valence-corrected chi connectivity index (χ3v) is 7.19. The van der Waals surface area contributed by atoms with Crippen LogP contribution in [0.1, 0.15) is 26.3 Å². The van der Waals surface area contributed by atoms with E-state index in [1.807, 2.05) is 31.9 Å². The van der Waals surface area contributed by atoms with E-state index in [0.717, 1.165) is 12.1 Å². The number of halogens is 1. The summed E-state index contributed by atoms with van der Waals surface area (Å²) in [5.41, 5.74) is 1.51. The molecule has 8 heteroatoms. The van der Waals surface area contributed by atoms with Crippen molar-refractivity contribution in [3.8, 4) is 17.7 Å². The molecule has 0 radical (unpaired) electrons. The van der Waals surface area contributed by atoms with Crippen molar-refractivity contribution in [2.45, 2.75) is 37.8 Å². The van der Waals surface area contributed by atoms with Gasteiger partial charge in [0.1, 0.15) is 11.5 Å². The van der Waals surface area contributed by atoms with E-state index in [9.17, 15) is 4.21 Å². The molecule has 29 heavy (non-hydrogen) atoms. The second kappa shape index (κ2) is 9.77. The van der Waals surface area contributed by atoms with Crippen LogP contribution in [0.5, 0.6) is 11.5 Å². The van der Waals surface area contributed by atoms with Crippen LogP contribution in [0.3, 0.4) is 0 Å². The maximum Gasteiger partial charge on any atom is 0.214 e. The van der Waals surface area contributed by atoms with Crippen molar-refractivity contribution in [3.05, 3.63) is 47.0 Å². The van der Waals surface area contributed by atoms with Crippen LogP contribution in [0.2, 0.25) is 5.02 Å². The summed E-state index contributed by atoms with van der Waals surface area (Å²) in [7, 11) is -0.925. The molecule has 0 aromatic heterocycles. The number of aryl methyl sites for hydroxylation is 1. The molecule has 0 bridgehead atoms. The van der Waals surface area contributed by atoms with Crippen LogP contribution in [0.25, 0.3) is 0 Å². The first-order valence-electron chi connectivity index (χ1n) is 9.17. The van der Waals surface area contributed by atoms with Crippen molar-refractivity contribution in [2.75, 3.05) is 13.6 Å². The van der Waals surface area contributed by atoms with Crippen molar-refractivity contribution in [3.63, 3.8) is 0 Å². The first kappa shape index (κ1) is 22.7. The lowest BCUT2D eigenvalue weighted by Gasteiger charge is -2.15. The van der Waals surface area contributed by atoms with Crippen molar-refractivity contribution in [1.82, 2.24) is 4.90 Å². The van der Waals surface area contributed by atoms with Crippen LogP contribution in [-0.2, 0) is 9.73 Å². The maximum absolute atomic E-state index is 13.1. The van der Waals surface area contributed by atoms with E-state index in [1.54, 1.807) is 56.7 Å². The predicted molar refractivity (Wildman–Crippen MR) is 119 cm³/mol. The highest BCUT2D eigenvalue weighted by atomic mass is 35.5. The van der Waals surface area contributed by atoms with Crippen LogP contribution in [0.15, 0.2) is 50.6 Å². The summed E-state index contributed by atoms with van der Waals surface area (Å²) in [5.74, 6) is 1.06. The standard InChI is InChI=1S/C21H25ClN4O2S/c1-6-26(5)14-24-20-10-16(4)21(12-19(20)22)28-17-8-7-9-18(11-17)29(27,15(2)3)25-13-23/h7-12,14-15H,6H2,1-5H3/b24-14-. The Kier molecular flexibility index (Phi) is 7.66. The molecular formula is C21H25ClN4O2S. The number of hydrogen-bond donors (Lipinski definition) is 0. The second-order valence-electron chi connectivity index (χ2n) is 6.77. The van der Waals surface area contributed by atoms with Crippen LogP contribution in [0.4, 0.5) is 5.69 Å². The van der Waals surface area contributed by atoms with Gasteiger partial charge in [0, 0.05) is 24.9 Å². The topological polar surface area (TPSA) is 78.0 Å². The lowest BCUT2D eigenvalue weighted by molar-refractivity contribution is 0.477. The van der Waals surface area contributed by atoms with E-state index in [0.29, 0.717) is 27.1 Å².